The molecule has 1 unspecified atom stereocenters. The summed E-state index contributed by atoms with van der Waals surface area (Å²) < 4.78 is 5.02. The van der Waals surface area contributed by atoms with Crippen molar-refractivity contribution >= 4 is 12.0 Å². The molecule has 1 aromatic heterocycles. The molecule has 0 fully saturated rings. The summed E-state index contributed by atoms with van der Waals surface area (Å²) in [6.07, 6.45) is 0. The summed E-state index contributed by atoms with van der Waals surface area (Å²) in [6.45, 7) is 2.01. The van der Waals surface area contributed by atoms with E-state index in [1.165, 1.54) is 0 Å². The van der Waals surface area contributed by atoms with E-state index < -0.39 is 0 Å². The highest BCUT2D eigenvalue weighted by atomic mass is 16.4. The fourth-order valence-electron chi connectivity index (χ4n) is 1.30. The fraction of sp³-hybridized carbons (Fsp3) is 0.200. The molecule has 0 spiro atoms. The SMILES string of the molecule is CC(Nc1nnc(N)o1)c1ccccc1. The molecule has 78 valence electrons. The number of anilines is 2. The van der Waals surface area contributed by atoms with Gasteiger partial charge in [-0.3, -0.25) is 0 Å². The van der Waals surface area contributed by atoms with Gasteiger partial charge in [0.15, 0.2) is 0 Å². The van der Waals surface area contributed by atoms with Crippen molar-refractivity contribution in [1.82, 2.24) is 10.2 Å². The van der Waals surface area contributed by atoms with E-state index in [4.69, 9.17) is 10.2 Å². The van der Waals surface area contributed by atoms with Gasteiger partial charge in [0.05, 0.1) is 6.04 Å². The second-order valence-corrected chi connectivity index (χ2v) is 3.22. The van der Waals surface area contributed by atoms with Crippen molar-refractivity contribution in [3.63, 3.8) is 0 Å². The number of rotatable bonds is 3. The molecule has 0 aliphatic heterocycles. The molecule has 5 nitrogen and oxygen atoms in total. The summed E-state index contributed by atoms with van der Waals surface area (Å²) in [5.41, 5.74) is 6.46. The van der Waals surface area contributed by atoms with E-state index in [2.05, 4.69) is 15.5 Å². The highest BCUT2D eigenvalue weighted by Crippen LogP contribution is 2.17. The summed E-state index contributed by atoms with van der Waals surface area (Å²) in [4.78, 5) is 0. The summed E-state index contributed by atoms with van der Waals surface area (Å²) in [5, 5.41) is 10.3. The van der Waals surface area contributed by atoms with Crippen LogP contribution >= 0.6 is 0 Å². The lowest BCUT2D eigenvalue weighted by Crippen LogP contribution is -2.06. The first-order valence-corrected chi connectivity index (χ1v) is 4.66. The molecular formula is C10H12N4O. The summed E-state index contributed by atoms with van der Waals surface area (Å²) in [5.74, 6) is 0. The molecule has 0 amide bonds. The predicted octanol–water partition coefficient (Wildman–Crippen LogP) is 1.82. The van der Waals surface area contributed by atoms with Crippen molar-refractivity contribution in [1.29, 1.82) is 0 Å². The average molecular weight is 204 g/mol. The zero-order valence-corrected chi connectivity index (χ0v) is 8.34. The average Bonchev–Trinajstić information content (AvgIpc) is 2.65. The Morgan fingerprint density at radius 3 is 2.60 bits per heavy atom. The van der Waals surface area contributed by atoms with Crippen LogP contribution in [0.25, 0.3) is 0 Å². The number of nitrogens with one attached hydrogen (secondary N) is 1. The van der Waals surface area contributed by atoms with Crippen LogP contribution in [0.5, 0.6) is 0 Å². The first-order chi connectivity index (χ1) is 7.25. The molecule has 2 aromatic rings. The van der Waals surface area contributed by atoms with Crippen molar-refractivity contribution < 1.29 is 4.42 Å². The molecule has 1 aromatic carbocycles. The van der Waals surface area contributed by atoms with Crippen molar-refractivity contribution in [3.05, 3.63) is 35.9 Å². The summed E-state index contributed by atoms with van der Waals surface area (Å²) >= 11 is 0. The molecular weight excluding hydrogens is 192 g/mol. The van der Waals surface area contributed by atoms with E-state index in [1.807, 2.05) is 37.3 Å². The maximum atomic E-state index is 5.31. The number of nitrogen functional groups attached to an aromatic ring is 1. The lowest BCUT2D eigenvalue weighted by atomic mass is 10.1. The number of nitrogens with two attached hydrogens (primary N) is 1. The van der Waals surface area contributed by atoms with Crippen LogP contribution in [-0.4, -0.2) is 10.2 Å². The predicted molar refractivity (Wildman–Crippen MR) is 57.2 cm³/mol. The third-order valence-corrected chi connectivity index (χ3v) is 2.08. The van der Waals surface area contributed by atoms with Gasteiger partial charge < -0.3 is 15.5 Å². The van der Waals surface area contributed by atoms with Gasteiger partial charge in [0.1, 0.15) is 0 Å². The van der Waals surface area contributed by atoms with Gasteiger partial charge in [-0.2, -0.15) is 0 Å². The third-order valence-electron chi connectivity index (χ3n) is 2.08. The Balaban J connectivity index is 2.07. The normalized spacial score (nSPS) is 12.3. The number of hydrogen-bond acceptors (Lipinski definition) is 5. The smallest absolute Gasteiger partial charge is 0.317 e. The van der Waals surface area contributed by atoms with Gasteiger partial charge in [0, 0.05) is 0 Å². The monoisotopic (exact) mass is 204 g/mol. The van der Waals surface area contributed by atoms with E-state index in [9.17, 15) is 0 Å². The van der Waals surface area contributed by atoms with Crippen LogP contribution in [0, 0.1) is 0 Å². The largest absolute Gasteiger partial charge is 0.390 e. The van der Waals surface area contributed by atoms with E-state index in [0.29, 0.717) is 6.01 Å². The highest BCUT2D eigenvalue weighted by molar-refractivity contribution is 5.29. The lowest BCUT2D eigenvalue weighted by Gasteiger charge is -2.11. The Labute approximate surface area is 87.3 Å². The quantitative estimate of drug-likeness (QED) is 0.797. The molecule has 1 atom stereocenters. The van der Waals surface area contributed by atoms with Gasteiger partial charge in [-0.1, -0.05) is 40.5 Å². The number of nitrogens with zero attached hydrogens (tertiary/aromatic N) is 2. The van der Waals surface area contributed by atoms with Crippen molar-refractivity contribution in [2.24, 2.45) is 0 Å². The van der Waals surface area contributed by atoms with Gasteiger partial charge in [0.2, 0.25) is 0 Å². The molecule has 0 radical (unpaired) electrons. The van der Waals surface area contributed by atoms with Crippen LogP contribution in [0.4, 0.5) is 12.0 Å². The Bertz CT molecular complexity index is 426. The molecule has 1 heterocycles. The van der Waals surface area contributed by atoms with E-state index in [-0.39, 0.29) is 12.1 Å². The molecule has 0 aliphatic carbocycles. The molecule has 0 saturated carbocycles. The maximum Gasteiger partial charge on any atom is 0.317 e. The zero-order valence-electron chi connectivity index (χ0n) is 8.34. The third kappa shape index (κ3) is 2.25. The number of hydrogen-bond donors (Lipinski definition) is 2. The van der Waals surface area contributed by atoms with Gasteiger partial charge in [-0.15, -0.1) is 0 Å². The van der Waals surface area contributed by atoms with Gasteiger partial charge in [0.25, 0.3) is 0 Å². The molecule has 5 heteroatoms. The molecule has 0 aliphatic rings. The van der Waals surface area contributed by atoms with Crippen LogP contribution in [0.2, 0.25) is 0 Å². The van der Waals surface area contributed by atoms with Crippen molar-refractivity contribution in [2.75, 3.05) is 11.1 Å². The Morgan fingerprint density at radius 1 is 1.27 bits per heavy atom. The highest BCUT2D eigenvalue weighted by Gasteiger charge is 2.08. The second kappa shape index (κ2) is 4.00. The van der Waals surface area contributed by atoms with E-state index >= 15 is 0 Å². The molecule has 3 N–H and O–H groups in total. The maximum absolute atomic E-state index is 5.31. The van der Waals surface area contributed by atoms with Crippen LogP contribution in [-0.2, 0) is 0 Å². The van der Waals surface area contributed by atoms with Crippen LogP contribution in [0.3, 0.4) is 0 Å². The van der Waals surface area contributed by atoms with Crippen molar-refractivity contribution in [2.45, 2.75) is 13.0 Å². The zero-order chi connectivity index (χ0) is 10.7. The minimum absolute atomic E-state index is 0.0674. The standard InChI is InChI=1S/C10H12N4O/c1-7(8-5-3-2-4-6-8)12-10-14-13-9(11)15-10/h2-7H,1H3,(H2,11,13)(H,12,14). The minimum Gasteiger partial charge on any atom is -0.390 e. The Morgan fingerprint density at radius 2 is 2.00 bits per heavy atom. The van der Waals surface area contributed by atoms with Gasteiger partial charge >= 0.3 is 12.0 Å². The van der Waals surface area contributed by atoms with Crippen molar-refractivity contribution in [3.8, 4) is 0 Å². The van der Waals surface area contributed by atoms with Crippen LogP contribution in [0.15, 0.2) is 34.7 Å². The van der Waals surface area contributed by atoms with Crippen LogP contribution < -0.4 is 11.1 Å². The first-order valence-electron chi connectivity index (χ1n) is 4.66. The number of aromatic nitrogens is 2. The van der Waals surface area contributed by atoms with Crippen LogP contribution in [0.1, 0.15) is 18.5 Å². The fourth-order valence-corrected chi connectivity index (χ4v) is 1.30. The Kier molecular flexibility index (Phi) is 2.53. The van der Waals surface area contributed by atoms with Gasteiger partial charge in [-0.25, -0.2) is 0 Å². The molecule has 0 saturated heterocycles. The minimum atomic E-state index is 0.0674. The summed E-state index contributed by atoms with van der Waals surface area (Å²) in [6, 6.07) is 10.5. The molecule has 2 rings (SSSR count). The van der Waals surface area contributed by atoms with Gasteiger partial charge in [-0.05, 0) is 12.5 Å². The van der Waals surface area contributed by atoms with E-state index in [0.717, 1.165) is 5.56 Å². The topological polar surface area (TPSA) is 77.0 Å². The Hall–Kier alpha value is -2.04. The first kappa shape index (κ1) is 9.51. The second-order valence-electron chi connectivity index (χ2n) is 3.22. The molecule has 0 bridgehead atoms. The number of benzene rings is 1. The summed E-state index contributed by atoms with van der Waals surface area (Å²) in [7, 11) is 0. The van der Waals surface area contributed by atoms with E-state index in [1.54, 1.807) is 0 Å². The molecule has 15 heavy (non-hydrogen) atoms. The lowest BCUT2D eigenvalue weighted by molar-refractivity contribution is 0.578.